The maximum absolute atomic E-state index is 14.1. The molecule has 3 amide bonds. The summed E-state index contributed by atoms with van der Waals surface area (Å²) in [5.74, 6) is -0.804. The fourth-order valence-corrected chi connectivity index (χ4v) is 8.29. The molecule has 3 aromatic carbocycles. The molecule has 2 fully saturated rings. The van der Waals surface area contributed by atoms with Crippen LogP contribution in [0.25, 0.3) is 10.9 Å². The lowest BCUT2D eigenvalue weighted by atomic mass is 9.70. The highest BCUT2D eigenvalue weighted by Crippen LogP contribution is 2.46. The van der Waals surface area contributed by atoms with Crippen LogP contribution in [-0.4, -0.2) is 70.5 Å². The number of anilines is 1. The normalized spacial score (nSPS) is 20.2. The van der Waals surface area contributed by atoms with Crippen molar-refractivity contribution in [2.24, 2.45) is 0 Å². The van der Waals surface area contributed by atoms with Gasteiger partial charge in [-0.15, -0.1) is 0 Å². The fraction of sp³-hybridized carbons (Fsp3) is 0.359. The van der Waals surface area contributed by atoms with Crippen molar-refractivity contribution in [1.82, 2.24) is 20.1 Å². The second kappa shape index (κ2) is 11.4. The number of piperazine rings is 1. The van der Waals surface area contributed by atoms with E-state index in [1.807, 2.05) is 24.3 Å². The summed E-state index contributed by atoms with van der Waals surface area (Å²) in [6, 6.07) is 17.4. The van der Waals surface area contributed by atoms with Crippen LogP contribution in [0.5, 0.6) is 0 Å². The molecule has 0 bridgehead atoms. The molecular formula is C39H38N6O4. The molecule has 1 aliphatic carbocycles. The molecule has 2 N–H and O–H groups in total. The Bertz CT molecular complexity index is 2150. The Labute approximate surface area is 284 Å². The number of fused-ring (bicyclic) bond motifs is 5. The highest BCUT2D eigenvalue weighted by molar-refractivity contribution is 6.20. The maximum Gasteiger partial charge on any atom is 0.255 e. The number of nitrogens with zero attached hydrogens (tertiary/aromatic N) is 4. The number of piperidine rings is 1. The van der Waals surface area contributed by atoms with Gasteiger partial charge >= 0.3 is 0 Å². The van der Waals surface area contributed by atoms with Gasteiger partial charge in [0.05, 0.1) is 17.2 Å². The van der Waals surface area contributed by atoms with Crippen LogP contribution in [0.15, 0.2) is 48.5 Å². The van der Waals surface area contributed by atoms with Gasteiger partial charge in [-0.05, 0) is 65.4 Å². The molecule has 8 rings (SSSR count). The molecule has 1 aromatic heterocycles. The SMILES string of the molecule is CCc1cc2c(cc1N1CCN(Cc3ccc4c(c3)CN(C3CCC(=O)NC3=O)C4=O)CC1)C(C)(C)c1[nH]c3cc(C#N)ccc3c1C2=O. The van der Waals surface area contributed by atoms with E-state index in [0.717, 1.165) is 83.6 Å². The number of ketones is 1. The van der Waals surface area contributed by atoms with Crippen molar-refractivity contribution in [2.75, 3.05) is 31.1 Å². The summed E-state index contributed by atoms with van der Waals surface area (Å²) in [7, 11) is 0. The number of imide groups is 1. The van der Waals surface area contributed by atoms with Crippen LogP contribution in [0.4, 0.5) is 5.69 Å². The first-order valence-corrected chi connectivity index (χ1v) is 17.1. The van der Waals surface area contributed by atoms with Gasteiger partial charge in [0, 0.05) is 84.5 Å². The van der Waals surface area contributed by atoms with Gasteiger partial charge in [-0.2, -0.15) is 5.26 Å². The van der Waals surface area contributed by atoms with E-state index in [4.69, 9.17) is 0 Å². The highest BCUT2D eigenvalue weighted by Gasteiger charge is 2.41. The minimum absolute atomic E-state index is 0.0302. The van der Waals surface area contributed by atoms with Gasteiger partial charge in [-0.3, -0.25) is 29.4 Å². The fourth-order valence-electron chi connectivity index (χ4n) is 8.29. The Morgan fingerprint density at radius 2 is 1.76 bits per heavy atom. The second-order valence-corrected chi connectivity index (χ2v) is 14.2. The quantitative estimate of drug-likeness (QED) is 0.302. The first kappa shape index (κ1) is 31.0. The average Bonchev–Trinajstić information content (AvgIpc) is 3.65. The van der Waals surface area contributed by atoms with E-state index in [1.165, 1.54) is 5.69 Å². The molecule has 4 aliphatic rings. The Morgan fingerprint density at radius 1 is 0.959 bits per heavy atom. The number of aromatic amines is 1. The number of amides is 3. The number of nitriles is 1. The molecule has 0 saturated carbocycles. The van der Waals surface area contributed by atoms with Crippen molar-refractivity contribution < 1.29 is 19.2 Å². The van der Waals surface area contributed by atoms with Crippen LogP contribution in [0, 0.1) is 11.3 Å². The van der Waals surface area contributed by atoms with E-state index in [9.17, 15) is 24.4 Å². The van der Waals surface area contributed by atoms with Crippen LogP contribution in [-0.2, 0) is 34.5 Å². The lowest BCUT2D eigenvalue weighted by Crippen LogP contribution is -2.52. The Morgan fingerprint density at radius 3 is 2.49 bits per heavy atom. The number of carbonyl (C=O) groups is 4. The first-order valence-electron chi connectivity index (χ1n) is 17.1. The van der Waals surface area contributed by atoms with Crippen LogP contribution < -0.4 is 10.2 Å². The van der Waals surface area contributed by atoms with E-state index in [-0.39, 0.29) is 24.0 Å². The second-order valence-electron chi connectivity index (χ2n) is 14.2. The zero-order valence-corrected chi connectivity index (χ0v) is 28.0. The van der Waals surface area contributed by atoms with Crippen molar-refractivity contribution in [1.29, 1.82) is 5.26 Å². The third kappa shape index (κ3) is 4.94. The summed E-state index contributed by atoms with van der Waals surface area (Å²) in [5, 5.41) is 12.7. The number of aryl methyl sites for hydroxylation is 1. The molecule has 3 aliphatic heterocycles. The van der Waals surface area contributed by atoms with E-state index >= 15 is 0 Å². The minimum atomic E-state index is -0.614. The molecular weight excluding hydrogens is 616 g/mol. The Kier molecular flexibility index (Phi) is 7.23. The Hall–Kier alpha value is -5.27. The third-order valence-electron chi connectivity index (χ3n) is 11.0. The summed E-state index contributed by atoms with van der Waals surface area (Å²) in [6.07, 6.45) is 1.41. The highest BCUT2D eigenvalue weighted by atomic mass is 16.2. The van der Waals surface area contributed by atoms with Crippen LogP contribution in [0.1, 0.15) is 93.4 Å². The summed E-state index contributed by atoms with van der Waals surface area (Å²) in [5.41, 5.74) is 9.34. The molecule has 1 unspecified atom stereocenters. The van der Waals surface area contributed by atoms with Gasteiger partial charge in [0.1, 0.15) is 6.04 Å². The first-order chi connectivity index (χ1) is 23.6. The number of rotatable bonds is 5. The van der Waals surface area contributed by atoms with Gasteiger partial charge in [0.2, 0.25) is 11.8 Å². The van der Waals surface area contributed by atoms with Crippen molar-refractivity contribution in [3.8, 4) is 6.07 Å². The van der Waals surface area contributed by atoms with Crippen molar-refractivity contribution in [2.45, 2.75) is 64.6 Å². The maximum atomic E-state index is 14.1. The molecule has 49 heavy (non-hydrogen) atoms. The van der Waals surface area contributed by atoms with E-state index in [1.54, 1.807) is 11.0 Å². The molecule has 10 nitrogen and oxygen atoms in total. The number of hydrogen-bond acceptors (Lipinski definition) is 7. The summed E-state index contributed by atoms with van der Waals surface area (Å²) < 4.78 is 0. The van der Waals surface area contributed by atoms with Crippen molar-refractivity contribution >= 4 is 40.1 Å². The van der Waals surface area contributed by atoms with Gasteiger partial charge in [-0.1, -0.05) is 39.0 Å². The minimum Gasteiger partial charge on any atom is -0.369 e. The van der Waals surface area contributed by atoms with E-state index in [0.29, 0.717) is 29.7 Å². The largest absolute Gasteiger partial charge is 0.369 e. The van der Waals surface area contributed by atoms with Gasteiger partial charge < -0.3 is 14.8 Å². The van der Waals surface area contributed by atoms with E-state index < -0.39 is 17.4 Å². The molecule has 1 atom stereocenters. The molecule has 4 heterocycles. The van der Waals surface area contributed by atoms with Gasteiger partial charge in [0.25, 0.3) is 5.91 Å². The average molecular weight is 655 g/mol. The molecule has 0 radical (unpaired) electrons. The summed E-state index contributed by atoms with van der Waals surface area (Å²) in [6.45, 7) is 11.0. The topological polar surface area (TPSA) is 130 Å². The van der Waals surface area contributed by atoms with Gasteiger partial charge in [0.15, 0.2) is 5.78 Å². The van der Waals surface area contributed by atoms with Crippen LogP contribution in [0.2, 0.25) is 0 Å². The number of nitrogens with one attached hydrogen (secondary N) is 2. The molecule has 4 aromatic rings. The molecule has 2 saturated heterocycles. The van der Waals surface area contributed by atoms with E-state index in [2.05, 4.69) is 65.1 Å². The summed E-state index contributed by atoms with van der Waals surface area (Å²) >= 11 is 0. The third-order valence-corrected chi connectivity index (χ3v) is 11.0. The number of benzene rings is 3. The lowest BCUT2D eigenvalue weighted by Gasteiger charge is -2.39. The van der Waals surface area contributed by atoms with Crippen molar-refractivity contribution in [3.63, 3.8) is 0 Å². The smallest absolute Gasteiger partial charge is 0.255 e. The van der Waals surface area contributed by atoms with Crippen LogP contribution in [0.3, 0.4) is 0 Å². The number of aromatic nitrogens is 1. The zero-order chi connectivity index (χ0) is 34.2. The molecule has 10 heteroatoms. The predicted octanol–water partition coefficient (Wildman–Crippen LogP) is 4.56. The summed E-state index contributed by atoms with van der Waals surface area (Å²) in [4.78, 5) is 61.2. The van der Waals surface area contributed by atoms with Crippen LogP contribution >= 0.6 is 0 Å². The monoisotopic (exact) mass is 654 g/mol. The predicted molar refractivity (Wildman–Crippen MR) is 184 cm³/mol. The number of carbonyl (C=O) groups excluding carboxylic acids is 4. The molecule has 248 valence electrons. The Balaban J connectivity index is 0.990. The van der Waals surface area contributed by atoms with Gasteiger partial charge in [-0.25, -0.2) is 0 Å². The molecule has 0 spiro atoms. The standard InChI is InChI=1S/C39H38N6O4/c1-4-24-17-28-29(39(2,3)36-34(35(28)47)27-8-5-22(19-40)16-30(27)41-36)18-32(24)44-13-11-43(12-14-44)20-23-6-7-26-25(15-23)21-45(38(26)49)31-9-10-33(46)42-37(31)48/h5-8,15-18,31,41H,4,9-14,20-21H2,1-3H3,(H,42,46,48). The zero-order valence-electron chi connectivity index (χ0n) is 28.0. The number of hydrogen-bond donors (Lipinski definition) is 2. The number of H-pyrrole nitrogens is 1. The van der Waals surface area contributed by atoms with Crippen molar-refractivity contribution in [3.05, 3.63) is 98.7 Å². The lowest BCUT2D eigenvalue weighted by molar-refractivity contribution is -0.136.